The Bertz CT molecular complexity index is 670. The van der Waals surface area contributed by atoms with Gasteiger partial charge in [-0.05, 0) is 44.2 Å². The molecule has 0 unspecified atom stereocenters. The summed E-state index contributed by atoms with van der Waals surface area (Å²) in [6.45, 7) is 2.87. The third kappa shape index (κ3) is 2.55. The summed E-state index contributed by atoms with van der Waals surface area (Å²) in [6, 6.07) is 2.97. The van der Waals surface area contributed by atoms with Gasteiger partial charge in [0.2, 0.25) is 0 Å². The number of halogens is 1. The molecule has 1 aliphatic carbocycles. The SMILES string of the molecule is CCNc1c2c(nc3c(OC)cc(F)cc13)CCCCC2. The number of aromatic nitrogens is 1. The van der Waals surface area contributed by atoms with Gasteiger partial charge in [0, 0.05) is 29.4 Å². The average molecular weight is 288 g/mol. The quantitative estimate of drug-likeness (QED) is 0.864. The number of hydrogen-bond donors (Lipinski definition) is 1. The molecule has 0 atom stereocenters. The van der Waals surface area contributed by atoms with Crippen LogP contribution < -0.4 is 10.1 Å². The largest absolute Gasteiger partial charge is 0.494 e. The first-order valence-electron chi connectivity index (χ1n) is 7.67. The highest BCUT2D eigenvalue weighted by atomic mass is 19.1. The minimum atomic E-state index is -0.283. The van der Waals surface area contributed by atoms with E-state index in [1.54, 1.807) is 13.2 Å². The normalized spacial score (nSPS) is 14.6. The minimum absolute atomic E-state index is 0.283. The van der Waals surface area contributed by atoms with E-state index in [-0.39, 0.29) is 5.82 Å². The number of anilines is 1. The van der Waals surface area contributed by atoms with Crippen LogP contribution in [0, 0.1) is 5.82 Å². The van der Waals surface area contributed by atoms with Crippen molar-refractivity contribution >= 4 is 16.6 Å². The number of benzene rings is 1. The molecular weight excluding hydrogens is 267 g/mol. The molecule has 0 saturated heterocycles. The van der Waals surface area contributed by atoms with Crippen molar-refractivity contribution in [3.05, 3.63) is 29.2 Å². The molecule has 0 fully saturated rings. The van der Waals surface area contributed by atoms with Crippen LogP contribution in [-0.4, -0.2) is 18.6 Å². The number of fused-ring (bicyclic) bond motifs is 2. The van der Waals surface area contributed by atoms with Crippen LogP contribution in [0.5, 0.6) is 5.75 Å². The third-order valence-electron chi connectivity index (χ3n) is 4.12. The van der Waals surface area contributed by atoms with Crippen LogP contribution in [0.15, 0.2) is 12.1 Å². The zero-order valence-corrected chi connectivity index (χ0v) is 12.6. The number of ether oxygens (including phenoxy) is 1. The van der Waals surface area contributed by atoms with Gasteiger partial charge in [0.25, 0.3) is 0 Å². The van der Waals surface area contributed by atoms with Gasteiger partial charge in [-0.2, -0.15) is 0 Å². The lowest BCUT2D eigenvalue weighted by atomic mass is 10.0. The molecule has 1 heterocycles. The topological polar surface area (TPSA) is 34.2 Å². The molecule has 0 saturated carbocycles. The van der Waals surface area contributed by atoms with Crippen molar-refractivity contribution in [3.63, 3.8) is 0 Å². The van der Waals surface area contributed by atoms with E-state index in [1.165, 1.54) is 30.9 Å². The van der Waals surface area contributed by atoms with E-state index >= 15 is 0 Å². The van der Waals surface area contributed by atoms with Crippen molar-refractivity contribution in [2.75, 3.05) is 19.0 Å². The Morgan fingerprint density at radius 2 is 2.05 bits per heavy atom. The fourth-order valence-corrected chi connectivity index (χ4v) is 3.17. The van der Waals surface area contributed by atoms with Gasteiger partial charge in [-0.25, -0.2) is 9.37 Å². The van der Waals surface area contributed by atoms with Crippen molar-refractivity contribution in [2.24, 2.45) is 0 Å². The number of hydrogen-bond acceptors (Lipinski definition) is 3. The minimum Gasteiger partial charge on any atom is -0.494 e. The van der Waals surface area contributed by atoms with Crippen molar-refractivity contribution in [2.45, 2.75) is 39.0 Å². The summed E-state index contributed by atoms with van der Waals surface area (Å²) >= 11 is 0. The molecule has 3 rings (SSSR count). The molecule has 1 aromatic carbocycles. The molecule has 1 N–H and O–H groups in total. The first kappa shape index (κ1) is 14.1. The molecule has 112 valence electrons. The number of rotatable bonds is 3. The molecule has 4 heteroatoms. The average Bonchev–Trinajstić information content (AvgIpc) is 2.72. The number of nitrogens with one attached hydrogen (secondary N) is 1. The zero-order chi connectivity index (χ0) is 14.8. The molecule has 0 radical (unpaired) electrons. The summed E-state index contributed by atoms with van der Waals surface area (Å²) in [6.07, 6.45) is 5.57. The van der Waals surface area contributed by atoms with Crippen LogP contribution in [0.2, 0.25) is 0 Å². The maximum Gasteiger partial charge on any atom is 0.148 e. The van der Waals surface area contributed by atoms with Gasteiger partial charge in [0.1, 0.15) is 17.1 Å². The van der Waals surface area contributed by atoms with Gasteiger partial charge in [0.15, 0.2) is 0 Å². The maximum absolute atomic E-state index is 13.9. The summed E-state index contributed by atoms with van der Waals surface area (Å²) in [4.78, 5) is 4.80. The molecular formula is C17H21FN2O. The van der Waals surface area contributed by atoms with E-state index < -0.39 is 0 Å². The van der Waals surface area contributed by atoms with Gasteiger partial charge >= 0.3 is 0 Å². The molecule has 21 heavy (non-hydrogen) atoms. The van der Waals surface area contributed by atoms with Gasteiger partial charge in [-0.1, -0.05) is 6.42 Å². The first-order valence-corrected chi connectivity index (χ1v) is 7.67. The van der Waals surface area contributed by atoms with Gasteiger partial charge in [-0.3, -0.25) is 0 Å². The summed E-state index contributed by atoms with van der Waals surface area (Å²) < 4.78 is 19.2. The van der Waals surface area contributed by atoms with Crippen molar-refractivity contribution in [1.82, 2.24) is 4.98 Å². The summed E-state index contributed by atoms with van der Waals surface area (Å²) in [5.41, 5.74) is 4.20. The Kier molecular flexibility index (Phi) is 3.95. The first-order chi connectivity index (χ1) is 10.2. The highest BCUT2D eigenvalue weighted by Gasteiger charge is 2.19. The molecule has 1 aromatic heterocycles. The van der Waals surface area contributed by atoms with E-state index in [1.807, 2.05) is 0 Å². The fourth-order valence-electron chi connectivity index (χ4n) is 3.17. The van der Waals surface area contributed by atoms with Crippen LogP contribution in [-0.2, 0) is 12.8 Å². The lowest BCUT2D eigenvalue weighted by Gasteiger charge is -2.17. The lowest BCUT2D eigenvalue weighted by molar-refractivity contribution is 0.415. The number of pyridine rings is 1. The second-order valence-corrected chi connectivity index (χ2v) is 5.51. The summed E-state index contributed by atoms with van der Waals surface area (Å²) in [7, 11) is 1.56. The van der Waals surface area contributed by atoms with Gasteiger partial charge in [-0.15, -0.1) is 0 Å². The molecule has 0 spiro atoms. The lowest BCUT2D eigenvalue weighted by Crippen LogP contribution is -2.07. The van der Waals surface area contributed by atoms with E-state index in [0.717, 1.165) is 41.7 Å². The molecule has 0 amide bonds. The zero-order valence-electron chi connectivity index (χ0n) is 12.6. The highest BCUT2D eigenvalue weighted by Crippen LogP contribution is 2.36. The summed E-state index contributed by atoms with van der Waals surface area (Å²) in [5, 5.41) is 4.25. The van der Waals surface area contributed by atoms with Crippen LogP contribution in [0.3, 0.4) is 0 Å². The highest BCUT2D eigenvalue weighted by molar-refractivity contribution is 5.97. The molecule has 0 aliphatic heterocycles. The van der Waals surface area contributed by atoms with Gasteiger partial charge in [0.05, 0.1) is 7.11 Å². The van der Waals surface area contributed by atoms with E-state index in [4.69, 9.17) is 9.72 Å². The standard InChI is InChI=1S/C17H21FN2O/c1-3-19-16-12-7-5-4-6-8-14(12)20-17-13(16)9-11(18)10-15(17)21-2/h9-10H,3-8H2,1-2H3,(H,19,20). The predicted octanol–water partition coefficient (Wildman–Crippen LogP) is 4.08. The van der Waals surface area contributed by atoms with Crippen molar-refractivity contribution < 1.29 is 9.13 Å². The molecule has 0 bridgehead atoms. The number of methoxy groups -OCH3 is 1. The second kappa shape index (κ2) is 5.88. The van der Waals surface area contributed by atoms with Crippen LogP contribution in [0.4, 0.5) is 10.1 Å². The Hall–Kier alpha value is -1.84. The molecule has 3 nitrogen and oxygen atoms in total. The maximum atomic E-state index is 13.9. The monoisotopic (exact) mass is 288 g/mol. The Balaban J connectivity index is 2.33. The third-order valence-corrected chi connectivity index (χ3v) is 4.12. The van der Waals surface area contributed by atoms with E-state index in [9.17, 15) is 4.39 Å². The number of aryl methyl sites for hydroxylation is 1. The Morgan fingerprint density at radius 3 is 2.81 bits per heavy atom. The van der Waals surface area contributed by atoms with Crippen LogP contribution >= 0.6 is 0 Å². The van der Waals surface area contributed by atoms with Crippen molar-refractivity contribution in [1.29, 1.82) is 0 Å². The van der Waals surface area contributed by atoms with E-state index in [2.05, 4.69) is 12.2 Å². The predicted molar refractivity (Wildman–Crippen MR) is 83.7 cm³/mol. The smallest absolute Gasteiger partial charge is 0.148 e. The fraction of sp³-hybridized carbons (Fsp3) is 0.471. The van der Waals surface area contributed by atoms with Crippen LogP contribution in [0.1, 0.15) is 37.4 Å². The Labute approximate surface area is 124 Å². The summed E-state index contributed by atoms with van der Waals surface area (Å²) in [5.74, 6) is 0.227. The van der Waals surface area contributed by atoms with Gasteiger partial charge < -0.3 is 10.1 Å². The molecule has 2 aromatic rings. The van der Waals surface area contributed by atoms with Crippen LogP contribution in [0.25, 0.3) is 10.9 Å². The number of nitrogens with zero attached hydrogens (tertiary/aromatic N) is 1. The second-order valence-electron chi connectivity index (χ2n) is 5.51. The molecule has 1 aliphatic rings. The Morgan fingerprint density at radius 1 is 1.24 bits per heavy atom. The van der Waals surface area contributed by atoms with E-state index in [0.29, 0.717) is 5.75 Å². The van der Waals surface area contributed by atoms with Crippen molar-refractivity contribution in [3.8, 4) is 5.75 Å².